The predicted octanol–water partition coefficient (Wildman–Crippen LogP) is 1.93. The number of rotatable bonds is 4. The van der Waals surface area contributed by atoms with Crippen LogP contribution >= 0.6 is 23.1 Å². The number of thioether (sulfide) groups is 1. The van der Waals surface area contributed by atoms with Crippen LogP contribution in [0, 0.1) is 12.8 Å². The minimum atomic E-state index is 0.0581. The average molecular weight is 348 g/mol. The van der Waals surface area contributed by atoms with Crippen molar-refractivity contribution in [2.75, 3.05) is 18.8 Å². The van der Waals surface area contributed by atoms with Crippen LogP contribution < -0.4 is 5.56 Å². The van der Waals surface area contributed by atoms with E-state index in [-0.39, 0.29) is 5.56 Å². The third-order valence-corrected chi connectivity index (χ3v) is 6.32. The first kappa shape index (κ1) is 15.4. The summed E-state index contributed by atoms with van der Waals surface area (Å²) in [6.07, 6.45) is 2.96. The fourth-order valence-corrected chi connectivity index (χ4v) is 5.04. The van der Waals surface area contributed by atoms with Crippen LogP contribution in [0.4, 0.5) is 0 Å². The highest BCUT2D eigenvalue weighted by Gasteiger charge is 2.28. The van der Waals surface area contributed by atoms with Gasteiger partial charge in [0.05, 0.1) is 17.2 Å². The zero-order valence-electron chi connectivity index (χ0n) is 13.2. The number of fused-ring (bicyclic) bond motifs is 1. The second-order valence-electron chi connectivity index (χ2n) is 6.34. The third kappa shape index (κ3) is 3.36. The molecule has 0 spiro atoms. The molecule has 4 heterocycles. The molecular weight excluding hydrogens is 328 g/mol. The summed E-state index contributed by atoms with van der Waals surface area (Å²) in [6, 6.07) is 1.80. The molecule has 1 fully saturated rings. The van der Waals surface area contributed by atoms with E-state index in [9.17, 15) is 4.79 Å². The van der Waals surface area contributed by atoms with Crippen molar-refractivity contribution in [1.82, 2.24) is 19.7 Å². The zero-order chi connectivity index (χ0) is 15.8. The first-order chi connectivity index (χ1) is 11.2. The van der Waals surface area contributed by atoms with Crippen molar-refractivity contribution in [2.24, 2.45) is 5.92 Å². The molecule has 0 saturated carbocycles. The number of hydrogen-bond acceptors (Lipinski definition) is 6. The Morgan fingerprint density at radius 2 is 2.26 bits per heavy atom. The van der Waals surface area contributed by atoms with Gasteiger partial charge in [-0.05, 0) is 18.2 Å². The van der Waals surface area contributed by atoms with Crippen LogP contribution in [0.3, 0.4) is 0 Å². The van der Waals surface area contributed by atoms with Gasteiger partial charge in [0.1, 0.15) is 0 Å². The lowest BCUT2D eigenvalue weighted by Gasteiger charge is -2.39. The Kier molecular flexibility index (Phi) is 4.26. The SMILES string of the molecule is Cc1ncc(CN2CC(Cn3nc4c(cc3=O)CSCC4)C2)s1. The first-order valence-electron chi connectivity index (χ1n) is 7.99. The van der Waals surface area contributed by atoms with Crippen LogP contribution in [0.5, 0.6) is 0 Å². The molecule has 0 aromatic carbocycles. The molecule has 0 atom stereocenters. The molecule has 0 bridgehead atoms. The summed E-state index contributed by atoms with van der Waals surface area (Å²) in [5.74, 6) is 2.58. The van der Waals surface area contributed by atoms with Crippen molar-refractivity contribution in [3.63, 3.8) is 0 Å². The third-order valence-electron chi connectivity index (χ3n) is 4.42. The Morgan fingerprint density at radius 3 is 3.04 bits per heavy atom. The Labute approximate surface area is 143 Å². The summed E-state index contributed by atoms with van der Waals surface area (Å²) < 4.78 is 1.69. The standard InChI is InChI=1S/C16H20N4OS2/c1-11-17-5-14(23-11)9-19-6-12(7-19)8-20-16(21)4-13-10-22-3-2-15(13)18-20/h4-5,12H,2-3,6-10H2,1H3. The maximum atomic E-state index is 12.2. The Balaban J connectivity index is 1.36. The quantitative estimate of drug-likeness (QED) is 0.845. The highest BCUT2D eigenvalue weighted by molar-refractivity contribution is 7.98. The van der Waals surface area contributed by atoms with Crippen molar-refractivity contribution in [3.05, 3.63) is 43.8 Å². The van der Waals surface area contributed by atoms with Gasteiger partial charge < -0.3 is 0 Å². The van der Waals surface area contributed by atoms with E-state index in [1.807, 2.05) is 24.9 Å². The van der Waals surface area contributed by atoms with Gasteiger partial charge in [-0.2, -0.15) is 16.9 Å². The summed E-state index contributed by atoms with van der Waals surface area (Å²) in [5, 5.41) is 5.74. The number of aromatic nitrogens is 3. The normalized spacial score (nSPS) is 18.7. The second-order valence-corrected chi connectivity index (χ2v) is 8.77. The molecular formula is C16H20N4OS2. The summed E-state index contributed by atoms with van der Waals surface area (Å²) in [7, 11) is 0. The molecule has 2 aromatic heterocycles. The van der Waals surface area contributed by atoms with Gasteiger partial charge in [-0.15, -0.1) is 11.3 Å². The van der Waals surface area contributed by atoms with Crippen LogP contribution in [0.25, 0.3) is 0 Å². The van der Waals surface area contributed by atoms with Crippen molar-refractivity contribution in [1.29, 1.82) is 0 Å². The molecule has 0 aliphatic carbocycles. The van der Waals surface area contributed by atoms with E-state index in [4.69, 9.17) is 0 Å². The second kappa shape index (κ2) is 6.37. The molecule has 0 radical (unpaired) electrons. The van der Waals surface area contributed by atoms with E-state index in [0.717, 1.165) is 60.4 Å². The molecule has 5 nitrogen and oxygen atoms in total. The lowest BCUT2D eigenvalue weighted by molar-refractivity contribution is 0.0774. The van der Waals surface area contributed by atoms with E-state index >= 15 is 0 Å². The van der Waals surface area contributed by atoms with Crippen molar-refractivity contribution >= 4 is 23.1 Å². The molecule has 0 N–H and O–H groups in total. The van der Waals surface area contributed by atoms with Gasteiger partial charge in [-0.3, -0.25) is 9.69 Å². The summed E-state index contributed by atoms with van der Waals surface area (Å²) in [4.78, 5) is 20.3. The zero-order valence-corrected chi connectivity index (χ0v) is 14.8. The molecule has 0 unspecified atom stereocenters. The van der Waals surface area contributed by atoms with Crippen LogP contribution in [-0.2, 0) is 25.3 Å². The number of nitrogens with zero attached hydrogens (tertiary/aromatic N) is 4. The molecule has 2 aromatic rings. The smallest absolute Gasteiger partial charge is 0.267 e. The largest absolute Gasteiger partial charge is 0.297 e. The van der Waals surface area contributed by atoms with Gasteiger partial charge >= 0.3 is 0 Å². The van der Waals surface area contributed by atoms with Crippen LogP contribution in [0.15, 0.2) is 17.1 Å². The molecule has 2 aliphatic rings. The molecule has 0 amide bonds. The minimum absolute atomic E-state index is 0.0581. The van der Waals surface area contributed by atoms with Gasteiger partial charge in [0.2, 0.25) is 0 Å². The Hall–Kier alpha value is -1.18. The summed E-state index contributed by atoms with van der Waals surface area (Å²) in [6.45, 7) is 5.85. The summed E-state index contributed by atoms with van der Waals surface area (Å²) in [5.41, 5.74) is 2.32. The van der Waals surface area contributed by atoms with Gasteiger partial charge in [-0.1, -0.05) is 0 Å². The number of aryl methyl sites for hydroxylation is 2. The van der Waals surface area contributed by atoms with Gasteiger partial charge in [-0.25, -0.2) is 9.67 Å². The van der Waals surface area contributed by atoms with Crippen molar-refractivity contribution < 1.29 is 0 Å². The van der Waals surface area contributed by atoms with Crippen LogP contribution in [-0.4, -0.2) is 38.5 Å². The Morgan fingerprint density at radius 1 is 1.39 bits per heavy atom. The first-order valence-corrected chi connectivity index (χ1v) is 9.96. The van der Waals surface area contributed by atoms with E-state index < -0.39 is 0 Å². The molecule has 23 heavy (non-hydrogen) atoms. The van der Waals surface area contributed by atoms with E-state index in [1.165, 1.54) is 4.88 Å². The highest BCUT2D eigenvalue weighted by atomic mass is 32.2. The molecule has 2 aliphatic heterocycles. The summed E-state index contributed by atoms with van der Waals surface area (Å²) >= 11 is 3.65. The molecule has 122 valence electrons. The molecule has 7 heteroatoms. The number of thiazole rings is 1. The fraction of sp³-hybridized carbons (Fsp3) is 0.562. The lowest BCUT2D eigenvalue weighted by atomic mass is 10.0. The van der Waals surface area contributed by atoms with Gasteiger partial charge in [0, 0.05) is 54.9 Å². The molecule has 1 saturated heterocycles. The monoisotopic (exact) mass is 348 g/mol. The minimum Gasteiger partial charge on any atom is -0.297 e. The molecule has 4 rings (SSSR count). The fourth-order valence-electron chi connectivity index (χ4n) is 3.25. The van der Waals surface area contributed by atoms with Crippen LogP contribution in [0.1, 0.15) is 21.1 Å². The van der Waals surface area contributed by atoms with Crippen molar-refractivity contribution in [2.45, 2.75) is 32.2 Å². The topological polar surface area (TPSA) is 51.0 Å². The lowest BCUT2D eigenvalue weighted by Crippen LogP contribution is -2.48. The van der Waals surface area contributed by atoms with E-state index in [2.05, 4.69) is 15.0 Å². The van der Waals surface area contributed by atoms with Gasteiger partial charge in [0.25, 0.3) is 5.56 Å². The van der Waals surface area contributed by atoms with Crippen molar-refractivity contribution in [3.8, 4) is 0 Å². The highest BCUT2D eigenvalue weighted by Crippen LogP contribution is 2.24. The van der Waals surface area contributed by atoms with Crippen LogP contribution in [0.2, 0.25) is 0 Å². The maximum absolute atomic E-state index is 12.2. The predicted molar refractivity (Wildman–Crippen MR) is 94.0 cm³/mol. The van der Waals surface area contributed by atoms with E-state index in [0.29, 0.717) is 5.92 Å². The number of hydrogen-bond donors (Lipinski definition) is 0. The van der Waals surface area contributed by atoms with E-state index in [1.54, 1.807) is 22.1 Å². The average Bonchev–Trinajstić information content (AvgIpc) is 2.91. The Bertz CT molecular complexity index is 764. The number of likely N-dealkylation sites (tertiary alicyclic amines) is 1. The maximum Gasteiger partial charge on any atom is 0.267 e. The van der Waals surface area contributed by atoms with Gasteiger partial charge in [0.15, 0.2) is 0 Å².